The van der Waals surface area contributed by atoms with Crippen LogP contribution in [-0.4, -0.2) is 104 Å². The Morgan fingerprint density at radius 2 is 1.25 bits per heavy atom. The van der Waals surface area contributed by atoms with E-state index in [9.17, 15) is 57.8 Å². The fourth-order valence-corrected chi connectivity index (χ4v) is 5.66. The van der Waals surface area contributed by atoms with Crippen LogP contribution in [0.2, 0.25) is 0 Å². The van der Waals surface area contributed by atoms with Gasteiger partial charge in [0.25, 0.3) is 35.4 Å². The first-order chi connectivity index (χ1) is 25.3. The smallest absolute Gasteiger partial charge is 0.333 e. The fraction of sp³-hybridized carbons (Fsp3) is 0.400. The summed E-state index contributed by atoms with van der Waals surface area (Å²) < 4.78 is 0. The third kappa shape index (κ3) is 10.6. The van der Waals surface area contributed by atoms with Gasteiger partial charge in [0, 0.05) is 75.9 Å². The minimum atomic E-state index is -1.23. The van der Waals surface area contributed by atoms with Gasteiger partial charge in [-0.15, -0.1) is 5.06 Å². The summed E-state index contributed by atoms with van der Waals surface area (Å²) in [7, 11) is 0. The number of aryl methyl sites for hydroxylation is 1. The number of unbranched alkanes of at least 4 members (excludes halogenated alkanes) is 1. The number of nitrogens with zero attached hydrogens (tertiary/aromatic N) is 4. The van der Waals surface area contributed by atoms with Crippen LogP contribution >= 0.6 is 0 Å². The summed E-state index contributed by atoms with van der Waals surface area (Å²) in [6, 6.07) is 5.69. The van der Waals surface area contributed by atoms with Gasteiger partial charge in [-0.25, -0.2) is 14.5 Å². The van der Waals surface area contributed by atoms with Gasteiger partial charge in [0.05, 0.1) is 5.69 Å². The SMILES string of the molecule is O=C(CCCc1ccc(N2C(=O)C=CC2=O)cc1)ON1C(=O)CCC1=O.O=C(CCN1C(=O)C=CC1=O)NCCCCC(C(=O)O)N1C(=O)CCC1=O. The Hall–Kier alpha value is -6.33. The number of rotatable bonds is 16. The number of hydroxylamine groups is 2. The van der Waals surface area contributed by atoms with Gasteiger partial charge >= 0.3 is 11.9 Å². The van der Waals surface area contributed by atoms with E-state index >= 15 is 0 Å². The van der Waals surface area contributed by atoms with E-state index < -0.39 is 53.4 Å². The number of hydrogen-bond acceptors (Lipinski definition) is 12. The van der Waals surface area contributed by atoms with E-state index in [1.807, 2.05) is 0 Å². The third-order valence-corrected chi connectivity index (χ3v) is 8.43. The molecule has 0 spiro atoms. The first kappa shape index (κ1) is 39.5. The molecular weight excluding hydrogens is 698 g/mol. The average Bonchev–Trinajstić information content (AvgIpc) is 3.84. The predicted molar refractivity (Wildman–Crippen MR) is 178 cm³/mol. The van der Waals surface area contributed by atoms with E-state index in [-0.39, 0.29) is 75.8 Å². The highest BCUT2D eigenvalue weighted by atomic mass is 16.7. The molecule has 53 heavy (non-hydrogen) atoms. The van der Waals surface area contributed by atoms with Crippen molar-refractivity contribution in [3.05, 3.63) is 54.1 Å². The Labute approximate surface area is 302 Å². The molecule has 0 bridgehead atoms. The Balaban J connectivity index is 0.000000237. The Bertz CT molecular complexity index is 1700. The highest BCUT2D eigenvalue weighted by Crippen LogP contribution is 2.21. The molecule has 18 nitrogen and oxygen atoms in total. The third-order valence-electron chi connectivity index (χ3n) is 8.43. The number of anilines is 1. The average molecular weight is 736 g/mol. The predicted octanol–water partition coefficient (Wildman–Crippen LogP) is 0.236. The maximum atomic E-state index is 11.7. The highest BCUT2D eigenvalue weighted by molar-refractivity contribution is 6.28. The van der Waals surface area contributed by atoms with Crippen LogP contribution in [0.3, 0.4) is 0 Å². The number of aliphatic carboxylic acids is 1. The minimum absolute atomic E-state index is 0.00320. The van der Waals surface area contributed by atoms with Crippen molar-refractivity contribution < 1.29 is 62.7 Å². The first-order valence-corrected chi connectivity index (χ1v) is 16.9. The molecule has 0 radical (unpaired) electrons. The molecule has 0 aromatic heterocycles. The van der Waals surface area contributed by atoms with Crippen LogP contribution in [0.25, 0.3) is 0 Å². The van der Waals surface area contributed by atoms with E-state index in [0.717, 1.165) is 32.4 Å². The standard InChI is InChI=1S/C18H16N2O6.C17H21N3O7/c21-14-8-9-15(22)19(14)13-6-4-12(5-7-13)2-1-3-18(25)26-20-16(23)10-11-17(20)24;21-12(8-10-19-13(22)4-5-14(19)23)18-9-2-1-3-11(17(26)27)20-15(24)6-7-16(20)25/h4-9H,1-3,10-11H2;4-5,11H,1-3,6-10H2,(H,18,21)(H,26,27). The molecule has 2 fully saturated rings. The van der Waals surface area contributed by atoms with E-state index in [4.69, 9.17) is 4.84 Å². The van der Waals surface area contributed by atoms with Crippen molar-refractivity contribution in [2.45, 2.75) is 76.7 Å². The summed E-state index contributed by atoms with van der Waals surface area (Å²) in [6.07, 6.45) is 7.01. The molecule has 0 aliphatic carbocycles. The van der Waals surface area contributed by atoms with Gasteiger partial charge in [-0.2, -0.15) is 0 Å². The van der Waals surface area contributed by atoms with Crippen LogP contribution in [0.1, 0.15) is 69.8 Å². The van der Waals surface area contributed by atoms with Crippen LogP contribution in [0, 0.1) is 0 Å². The number of benzene rings is 1. The molecule has 0 saturated carbocycles. The van der Waals surface area contributed by atoms with E-state index in [2.05, 4.69) is 5.32 Å². The fourth-order valence-electron chi connectivity index (χ4n) is 5.66. The molecule has 2 N–H and O–H groups in total. The quantitative estimate of drug-likeness (QED) is 0.171. The van der Waals surface area contributed by atoms with Crippen LogP contribution in [0.15, 0.2) is 48.6 Å². The normalized spacial score (nSPS) is 17.3. The summed E-state index contributed by atoms with van der Waals surface area (Å²) >= 11 is 0. The van der Waals surface area contributed by atoms with Crippen molar-refractivity contribution in [2.75, 3.05) is 18.0 Å². The lowest BCUT2D eigenvalue weighted by Crippen LogP contribution is -2.44. The first-order valence-electron chi connectivity index (χ1n) is 16.9. The van der Waals surface area contributed by atoms with Gasteiger partial charge in [0.1, 0.15) is 6.04 Å². The van der Waals surface area contributed by atoms with Crippen LogP contribution in [0.5, 0.6) is 0 Å². The van der Waals surface area contributed by atoms with E-state index in [1.54, 1.807) is 24.3 Å². The lowest BCUT2D eigenvalue weighted by Gasteiger charge is -2.22. The minimum Gasteiger partial charge on any atom is -0.480 e. The number of amides is 9. The van der Waals surface area contributed by atoms with Gasteiger partial charge in [-0.1, -0.05) is 12.1 Å². The maximum Gasteiger partial charge on any atom is 0.333 e. The zero-order chi connectivity index (χ0) is 38.7. The molecule has 1 aromatic carbocycles. The summed E-state index contributed by atoms with van der Waals surface area (Å²) in [5.74, 6) is -5.78. The molecule has 1 aromatic rings. The van der Waals surface area contributed by atoms with Crippen molar-refractivity contribution in [3.63, 3.8) is 0 Å². The Morgan fingerprint density at radius 1 is 0.698 bits per heavy atom. The van der Waals surface area contributed by atoms with Crippen molar-refractivity contribution in [3.8, 4) is 0 Å². The number of hydrogen-bond donors (Lipinski definition) is 2. The van der Waals surface area contributed by atoms with Gasteiger partial charge in [0.2, 0.25) is 17.7 Å². The summed E-state index contributed by atoms with van der Waals surface area (Å²) in [5.41, 5.74) is 1.40. The number of nitrogens with one attached hydrogen (secondary N) is 1. The molecule has 280 valence electrons. The topological polar surface area (TPSA) is 242 Å². The largest absolute Gasteiger partial charge is 0.480 e. The Kier molecular flexibility index (Phi) is 13.6. The second kappa shape index (κ2) is 18.2. The molecule has 4 aliphatic heterocycles. The van der Waals surface area contributed by atoms with Crippen molar-refractivity contribution >= 4 is 70.8 Å². The maximum absolute atomic E-state index is 11.7. The summed E-state index contributed by atoms with van der Waals surface area (Å²) in [6.45, 7) is 0.282. The highest BCUT2D eigenvalue weighted by Gasteiger charge is 2.38. The number of carbonyl (C=O) groups excluding carboxylic acids is 10. The molecule has 2 saturated heterocycles. The second-order valence-electron chi connectivity index (χ2n) is 12.2. The molecule has 1 atom stereocenters. The van der Waals surface area contributed by atoms with Crippen LogP contribution in [-0.2, 0) is 64.0 Å². The molecule has 9 amide bonds. The van der Waals surface area contributed by atoms with Gasteiger partial charge in [-0.3, -0.25) is 53.0 Å². The van der Waals surface area contributed by atoms with E-state index in [0.29, 0.717) is 36.4 Å². The molecule has 1 unspecified atom stereocenters. The zero-order valence-corrected chi connectivity index (χ0v) is 28.5. The number of imide groups is 4. The molecule has 4 aliphatic rings. The molecular formula is C35H37N5O13. The van der Waals surface area contributed by atoms with Crippen LogP contribution in [0.4, 0.5) is 5.69 Å². The molecule has 4 heterocycles. The lowest BCUT2D eigenvalue weighted by atomic mass is 10.1. The number of carbonyl (C=O) groups is 11. The number of carboxylic acid groups (broad SMARTS) is 1. The van der Waals surface area contributed by atoms with Crippen LogP contribution < -0.4 is 10.2 Å². The van der Waals surface area contributed by atoms with Crippen molar-refractivity contribution in [1.29, 1.82) is 0 Å². The summed E-state index contributed by atoms with van der Waals surface area (Å²) in [5, 5.41) is 12.4. The van der Waals surface area contributed by atoms with Gasteiger partial charge < -0.3 is 15.3 Å². The number of carboxylic acids is 1. The Morgan fingerprint density at radius 3 is 1.81 bits per heavy atom. The van der Waals surface area contributed by atoms with Crippen molar-refractivity contribution in [2.24, 2.45) is 0 Å². The van der Waals surface area contributed by atoms with Crippen molar-refractivity contribution in [1.82, 2.24) is 20.2 Å². The monoisotopic (exact) mass is 735 g/mol. The lowest BCUT2D eigenvalue weighted by molar-refractivity contribution is -0.197. The van der Waals surface area contributed by atoms with E-state index in [1.165, 1.54) is 12.2 Å². The molecule has 5 rings (SSSR count). The zero-order valence-electron chi connectivity index (χ0n) is 28.5. The summed E-state index contributed by atoms with van der Waals surface area (Å²) in [4.78, 5) is 134. The molecule has 18 heteroatoms. The van der Waals surface area contributed by atoms with Gasteiger partial charge in [-0.05, 0) is 49.8 Å². The number of likely N-dealkylation sites (tertiary alicyclic amines) is 1. The second-order valence-corrected chi connectivity index (χ2v) is 12.2. The van der Waals surface area contributed by atoms with Gasteiger partial charge in [0.15, 0.2) is 0 Å².